The van der Waals surface area contributed by atoms with Gasteiger partial charge in [-0.05, 0) is 26.2 Å². The lowest BCUT2D eigenvalue weighted by molar-refractivity contribution is 0.0814. The second kappa shape index (κ2) is 4.77. The summed E-state index contributed by atoms with van der Waals surface area (Å²) in [5, 5.41) is 0. The van der Waals surface area contributed by atoms with Crippen molar-refractivity contribution in [1.82, 2.24) is 0 Å². The van der Waals surface area contributed by atoms with Gasteiger partial charge >= 0.3 is 0 Å². The molecule has 1 heterocycles. The maximum Gasteiger partial charge on any atom is 0.0616 e. The quantitative estimate of drug-likeness (QED) is 0.677. The smallest absolute Gasteiger partial charge is 0.0616 e. The van der Waals surface area contributed by atoms with Crippen molar-refractivity contribution in [2.75, 3.05) is 6.61 Å². The summed E-state index contributed by atoms with van der Waals surface area (Å²) in [6.07, 6.45) is 3.51. The first-order valence-corrected chi connectivity index (χ1v) is 5.16. The fraction of sp³-hybridized carbons (Fsp3) is 0.818. The molecule has 0 aromatic carbocycles. The minimum atomic E-state index is 0.241. The number of nitrogens with two attached hydrogens (primary N) is 1. The van der Waals surface area contributed by atoms with E-state index in [-0.39, 0.29) is 6.04 Å². The van der Waals surface area contributed by atoms with Crippen molar-refractivity contribution in [3.8, 4) is 0 Å². The SMILES string of the molecule is C=C(C)CC(N)C1CCOC1CC. The van der Waals surface area contributed by atoms with Gasteiger partial charge in [-0.15, -0.1) is 6.58 Å². The molecule has 2 N–H and O–H groups in total. The number of ether oxygens (including phenoxy) is 1. The largest absolute Gasteiger partial charge is 0.378 e. The van der Waals surface area contributed by atoms with Gasteiger partial charge in [-0.25, -0.2) is 0 Å². The lowest BCUT2D eigenvalue weighted by Crippen LogP contribution is -2.35. The molecule has 1 aliphatic rings. The van der Waals surface area contributed by atoms with Gasteiger partial charge in [0.1, 0.15) is 0 Å². The fourth-order valence-electron chi connectivity index (χ4n) is 2.13. The Bertz CT molecular complexity index is 179. The highest BCUT2D eigenvalue weighted by Gasteiger charge is 2.31. The van der Waals surface area contributed by atoms with Crippen molar-refractivity contribution in [3.05, 3.63) is 12.2 Å². The molecule has 0 spiro atoms. The first-order valence-electron chi connectivity index (χ1n) is 5.16. The van der Waals surface area contributed by atoms with E-state index in [2.05, 4.69) is 13.5 Å². The van der Waals surface area contributed by atoms with Crippen LogP contribution in [0.15, 0.2) is 12.2 Å². The van der Waals surface area contributed by atoms with Crippen LogP contribution in [-0.2, 0) is 4.74 Å². The topological polar surface area (TPSA) is 35.2 Å². The third-order valence-corrected chi connectivity index (χ3v) is 2.80. The Labute approximate surface area is 81.1 Å². The molecule has 2 heteroatoms. The molecule has 1 saturated heterocycles. The van der Waals surface area contributed by atoms with Gasteiger partial charge in [0.05, 0.1) is 6.10 Å². The zero-order chi connectivity index (χ0) is 9.84. The van der Waals surface area contributed by atoms with E-state index >= 15 is 0 Å². The minimum Gasteiger partial charge on any atom is -0.378 e. The molecular weight excluding hydrogens is 162 g/mol. The highest BCUT2D eigenvalue weighted by atomic mass is 16.5. The van der Waals surface area contributed by atoms with Crippen LogP contribution in [0.3, 0.4) is 0 Å². The molecular formula is C11H21NO. The summed E-state index contributed by atoms with van der Waals surface area (Å²) in [5.41, 5.74) is 7.28. The van der Waals surface area contributed by atoms with Crippen LogP contribution in [-0.4, -0.2) is 18.8 Å². The Morgan fingerprint density at radius 1 is 1.69 bits per heavy atom. The average molecular weight is 183 g/mol. The second-order valence-electron chi connectivity index (χ2n) is 4.10. The van der Waals surface area contributed by atoms with E-state index in [0.29, 0.717) is 12.0 Å². The van der Waals surface area contributed by atoms with Crippen molar-refractivity contribution >= 4 is 0 Å². The van der Waals surface area contributed by atoms with Crippen LogP contribution in [0.4, 0.5) is 0 Å². The lowest BCUT2D eigenvalue weighted by atomic mass is 9.88. The Balaban J connectivity index is 2.44. The number of rotatable bonds is 4. The summed E-state index contributed by atoms with van der Waals surface area (Å²) in [7, 11) is 0. The van der Waals surface area contributed by atoms with E-state index in [4.69, 9.17) is 10.5 Å². The minimum absolute atomic E-state index is 0.241. The van der Waals surface area contributed by atoms with Gasteiger partial charge in [-0.2, -0.15) is 0 Å². The Kier molecular flexibility index (Phi) is 3.94. The first-order chi connectivity index (χ1) is 6.15. The van der Waals surface area contributed by atoms with Crippen LogP contribution >= 0.6 is 0 Å². The Hall–Kier alpha value is -0.340. The number of hydrogen-bond acceptors (Lipinski definition) is 2. The molecule has 1 fully saturated rings. The molecule has 13 heavy (non-hydrogen) atoms. The second-order valence-corrected chi connectivity index (χ2v) is 4.10. The highest BCUT2D eigenvalue weighted by molar-refractivity contribution is 4.96. The predicted molar refractivity (Wildman–Crippen MR) is 55.5 cm³/mol. The molecule has 76 valence electrons. The molecule has 0 saturated carbocycles. The summed E-state index contributed by atoms with van der Waals surface area (Å²) in [6.45, 7) is 8.98. The molecule has 0 aromatic rings. The standard InChI is InChI=1S/C11H21NO/c1-4-11-9(5-6-13-11)10(12)7-8(2)3/h9-11H,2,4-7,12H2,1,3H3. The van der Waals surface area contributed by atoms with E-state index in [0.717, 1.165) is 25.9 Å². The summed E-state index contributed by atoms with van der Waals surface area (Å²) >= 11 is 0. The van der Waals surface area contributed by atoms with Crippen molar-refractivity contribution in [2.45, 2.75) is 45.3 Å². The Morgan fingerprint density at radius 3 is 2.92 bits per heavy atom. The van der Waals surface area contributed by atoms with Crippen LogP contribution in [0.2, 0.25) is 0 Å². The van der Waals surface area contributed by atoms with Crippen molar-refractivity contribution in [1.29, 1.82) is 0 Å². The van der Waals surface area contributed by atoms with Crippen LogP contribution in [0.25, 0.3) is 0 Å². The highest BCUT2D eigenvalue weighted by Crippen LogP contribution is 2.27. The Morgan fingerprint density at radius 2 is 2.38 bits per heavy atom. The fourth-order valence-corrected chi connectivity index (χ4v) is 2.13. The molecule has 0 aliphatic carbocycles. The summed E-state index contributed by atoms with van der Waals surface area (Å²) in [6, 6.07) is 0.241. The summed E-state index contributed by atoms with van der Waals surface area (Å²) in [4.78, 5) is 0. The zero-order valence-corrected chi connectivity index (χ0v) is 8.75. The molecule has 2 nitrogen and oxygen atoms in total. The van der Waals surface area contributed by atoms with Crippen molar-refractivity contribution < 1.29 is 4.74 Å². The van der Waals surface area contributed by atoms with Crippen LogP contribution in [0.1, 0.15) is 33.1 Å². The van der Waals surface area contributed by atoms with E-state index in [1.165, 1.54) is 5.57 Å². The lowest BCUT2D eigenvalue weighted by Gasteiger charge is -2.23. The van der Waals surface area contributed by atoms with E-state index in [1.54, 1.807) is 0 Å². The maximum atomic E-state index is 6.11. The maximum absolute atomic E-state index is 6.11. The molecule has 0 radical (unpaired) electrons. The van der Waals surface area contributed by atoms with Gasteiger partial charge in [0.15, 0.2) is 0 Å². The van der Waals surface area contributed by atoms with Crippen molar-refractivity contribution in [3.63, 3.8) is 0 Å². The first kappa shape index (κ1) is 10.7. The summed E-state index contributed by atoms with van der Waals surface area (Å²) < 4.78 is 5.61. The van der Waals surface area contributed by atoms with Gasteiger partial charge < -0.3 is 10.5 Å². The molecule has 0 bridgehead atoms. The molecule has 3 atom stereocenters. The normalized spacial score (nSPS) is 30.4. The molecule has 1 rings (SSSR count). The van der Waals surface area contributed by atoms with E-state index in [9.17, 15) is 0 Å². The van der Waals surface area contributed by atoms with Gasteiger partial charge in [0.2, 0.25) is 0 Å². The van der Waals surface area contributed by atoms with E-state index in [1.807, 2.05) is 6.92 Å². The average Bonchev–Trinajstić information content (AvgIpc) is 2.49. The van der Waals surface area contributed by atoms with E-state index < -0.39 is 0 Å². The van der Waals surface area contributed by atoms with Gasteiger partial charge in [-0.3, -0.25) is 0 Å². The third-order valence-electron chi connectivity index (χ3n) is 2.80. The monoisotopic (exact) mass is 183 g/mol. The molecule has 0 amide bonds. The van der Waals surface area contributed by atoms with Crippen molar-refractivity contribution in [2.24, 2.45) is 11.7 Å². The van der Waals surface area contributed by atoms with Gasteiger partial charge in [0.25, 0.3) is 0 Å². The van der Waals surface area contributed by atoms with Gasteiger partial charge in [0, 0.05) is 18.6 Å². The summed E-state index contributed by atoms with van der Waals surface area (Å²) in [5.74, 6) is 0.543. The molecule has 0 aromatic heterocycles. The van der Waals surface area contributed by atoms with Gasteiger partial charge in [-0.1, -0.05) is 12.5 Å². The number of hydrogen-bond donors (Lipinski definition) is 1. The molecule has 3 unspecified atom stereocenters. The zero-order valence-electron chi connectivity index (χ0n) is 8.75. The van der Waals surface area contributed by atoms with Crippen LogP contribution in [0.5, 0.6) is 0 Å². The van der Waals surface area contributed by atoms with Crippen LogP contribution in [0, 0.1) is 5.92 Å². The predicted octanol–water partition coefficient (Wildman–Crippen LogP) is 2.09. The van der Waals surface area contributed by atoms with Crippen LogP contribution < -0.4 is 5.73 Å². The molecule has 1 aliphatic heterocycles. The third kappa shape index (κ3) is 2.82.